The number of oxazole rings is 1. The summed E-state index contributed by atoms with van der Waals surface area (Å²) in [5.41, 5.74) is 1.07. The number of benzene rings is 2. The average Bonchev–Trinajstić information content (AvgIpc) is 3.16. The quantitative estimate of drug-likeness (QED) is 0.647. The van der Waals surface area contributed by atoms with Crippen LogP contribution in [0, 0.1) is 5.82 Å². The van der Waals surface area contributed by atoms with Crippen LogP contribution in [0.4, 0.5) is 10.1 Å². The van der Waals surface area contributed by atoms with Crippen molar-refractivity contribution in [2.45, 2.75) is 12.8 Å². The summed E-state index contributed by atoms with van der Waals surface area (Å²) in [5, 5.41) is 3.02. The Bertz CT molecular complexity index is 1050. The molecule has 0 unspecified atom stereocenters. The minimum atomic E-state index is -0.408. The maximum atomic E-state index is 13.8. The monoisotopic (exact) mass is 415 g/mol. The van der Waals surface area contributed by atoms with Gasteiger partial charge in [-0.25, -0.2) is 9.37 Å². The Morgan fingerprint density at radius 3 is 2.69 bits per heavy atom. The molecule has 1 aromatic heterocycles. The van der Waals surface area contributed by atoms with E-state index in [1.807, 2.05) is 0 Å². The molecule has 150 valence electrons. The minimum Gasteiger partial charge on any atom is -0.441 e. The smallest absolute Gasteiger partial charge is 0.253 e. The van der Waals surface area contributed by atoms with Crippen molar-refractivity contribution in [3.8, 4) is 11.3 Å². The maximum absolute atomic E-state index is 13.8. The lowest BCUT2D eigenvalue weighted by molar-refractivity contribution is -0.116. The molecule has 2 amide bonds. The van der Waals surface area contributed by atoms with Crippen molar-refractivity contribution in [3.05, 3.63) is 71.0 Å². The first kappa shape index (κ1) is 20.5. The molecule has 0 saturated carbocycles. The van der Waals surface area contributed by atoms with Crippen LogP contribution >= 0.6 is 11.6 Å². The third kappa shape index (κ3) is 5.00. The van der Waals surface area contributed by atoms with E-state index in [0.717, 1.165) is 0 Å². The first-order valence-corrected chi connectivity index (χ1v) is 9.23. The first-order chi connectivity index (χ1) is 13.8. The van der Waals surface area contributed by atoms with Crippen LogP contribution in [-0.4, -0.2) is 35.8 Å². The van der Waals surface area contributed by atoms with Crippen LogP contribution in [0.25, 0.3) is 11.3 Å². The number of rotatable bonds is 6. The van der Waals surface area contributed by atoms with Crippen LogP contribution in [0.5, 0.6) is 0 Å². The van der Waals surface area contributed by atoms with E-state index >= 15 is 0 Å². The number of hydrogen-bond acceptors (Lipinski definition) is 4. The molecule has 0 atom stereocenters. The number of carbonyl (C=O) groups excluding carboxylic acids is 2. The summed E-state index contributed by atoms with van der Waals surface area (Å²) in [6.07, 6.45) is 1.74. The summed E-state index contributed by atoms with van der Waals surface area (Å²) < 4.78 is 19.4. The SMILES string of the molecule is CN(C)C(=O)c1ccc(Cl)c(NC(=O)CCc2ncc(-c3ccccc3F)o2)c1. The number of carbonyl (C=O) groups is 2. The molecular formula is C21H19ClFN3O3. The second-order valence-corrected chi connectivity index (χ2v) is 6.95. The molecule has 0 radical (unpaired) electrons. The van der Waals surface area contributed by atoms with Crippen LogP contribution in [0.3, 0.4) is 0 Å². The molecule has 0 spiro atoms. The van der Waals surface area contributed by atoms with Crippen molar-refractivity contribution >= 4 is 29.1 Å². The fraction of sp³-hybridized carbons (Fsp3) is 0.190. The van der Waals surface area contributed by atoms with Crippen LogP contribution < -0.4 is 5.32 Å². The summed E-state index contributed by atoms with van der Waals surface area (Å²) in [7, 11) is 3.28. The maximum Gasteiger partial charge on any atom is 0.253 e. The van der Waals surface area contributed by atoms with Crippen molar-refractivity contribution in [2.24, 2.45) is 0 Å². The van der Waals surface area contributed by atoms with Crippen molar-refractivity contribution in [2.75, 3.05) is 19.4 Å². The molecule has 8 heteroatoms. The van der Waals surface area contributed by atoms with Crippen molar-refractivity contribution in [1.82, 2.24) is 9.88 Å². The molecule has 0 aliphatic rings. The summed E-state index contributed by atoms with van der Waals surface area (Å²) in [6.45, 7) is 0. The Hall–Kier alpha value is -3.19. The number of aromatic nitrogens is 1. The van der Waals surface area contributed by atoms with Gasteiger partial charge in [0, 0.05) is 32.5 Å². The molecule has 3 rings (SSSR count). The van der Waals surface area contributed by atoms with Gasteiger partial charge < -0.3 is 14.6 Å². The number of aryl methyl sites for hydroxylation is 1. The minimum absolute atomic E-state index is 0.0827. The van der Waals surface area contributed by atoms with Gasteiger partial charge in [-0.3, -0.25) is 9.59 Å². The third-order valence-electron chi connectivity index (χ3n) is 4.15. The first-order valence-electron chi connectivity index (χ1n) is 8.86. The van der Waals surface area contributed by atoms with Crippen molar-refractivity contribution in [1.29, 1.82) is 0 Å². The van der Waals surface area contributed by atoms with Crippen LogP contribution in [0.15, 0.2) is 53.1 Å². The van der Waals surface area contributed by atoms with E-state index < -0.39 is 5.82 Å². The summed E-state index contributed by atoms with van der Waals surface area (Å²) in [4.78, 5) is 29.9. The van der Waals surface area contributed by atoms with Crippen molar-refractivity contribution in [3.63, 3.8) is 0 Å². The summed E-state index contributed by atoms with van der Waals surface area (Å²) >= 11 is 6.12. The van der Waals surface area contributed by atoms with E-state index in [9.17, 15) is 14.0 Å². The molecule has 0 saturated heterocycles. The van der Waals surface area contributed by atoms with E-state index in [2.05, 4.69) is 10.3 Å². The third-order valence-corrected chi connectivity index (χ3v) is 4.48. The standard InChI is InChI=1S/C21H19ClFN3O3/c1-26(2)21(28)13-7-8-15(22)17(11-13)25-19(27)9-10-20-24-12-18(29-20)14-5-3-4-6-16(14)23/h3-8,11-12H,9-10H2,1-2H3,(H,25,27). The number of halogens is 2. The highest BCUT2D eigenvalue weighted by molar-refractivity contribution is 6.33. The van der Waals surface area contributed by atoms with Gasteiger partial charge in [0.1, 0.15) is 5.82 Å². The van der Waals surface area contributed by atoms with Gasteiger partial charge in [-0.2, -0.15) is 0 Å². The topological polar surface area (TPSA) is 75.4 Å². The Morgan fingerprint density at radius 1 is 1.21 bits per heavy atom. The van der Waals surface area contributed by atoms with Crippen LogP contribution in [0.1, 0.15) is 22.7 Å². The number of nitrogens with zero attached hydrogens (tertiary/aromatic N) is 2. The van der Waals surface area contributed by atoms with Gasteiger partial charge >= 0.3 is 0 Å². The van der Waals surface area contributed by atoms with E-state index in [-0.39, 0.29) is 24.7 Å². The lowest BCUT2D eigenvalue weighted by atomic mass is 10.1. The lowest BCUT2D eigenvalue weighted by Gasteiger charge is -2.12. The lowest BCUT2D eigenvalue weighted by Crippen LogP contribution is -2.22. The number of amides is 2. The Morgan fingerprint density at radius 2 is 1.97 bits per heavy atom. The molecule has 0 aliphatic heterocycles. The fourth-order valence-corrected chi connectivity index (χ4v) is 2.82. The molecule has 0 fully saturated rings. The van der Waals surface area contributed by atoms with E-state index in [4.69, 9.17) is 16.0 Å². The Balaban J connectivity index is 1.63. The van der Waals surface area contributed by atoms with Gasteiger partial charge in [0.25, 0.3) is 5.91 Å². The predicted octanol–water partition coefficient (Wildman–Crippen LogP) is 4.41. The van der Waals surface area contributed by atoms with Gasteiger partial charge in [0.15, 0.2) is 11.7 Å². The van der Waals surface area contributed by atoms with Crippen molar-refractivity contribution < 1.29 is 18.4 Å². The van der Waals surface area contributed by atoms with Gasteiger partial charge in [-0.1, -0.05) is 23.7 Å². The largest absolute Gasteiger partial charge is 0.441 e. The number of anilines is 1. The second-order valence-electron chi connectivity index (χ2n) is 6.54. The predicted molar refractivity (Wildman–Crippen MR) is 108 cm³/mol. The molecule has 6 nitrogen and oxygen atoms in total. The van der Waals surface area contributed by atoms with Gasteiger partial charge in [0.2, 0.25) is 5.91 Å². The average molecular weight is 416 g/mol. The van der Waals surface area contributed by atoms with Gasteiger partial charge in [0.05, 0.1) is 22.5 Å². The van der Waals surface area contributed by atoms with Crippen LogP contribution in [0.2, 0.25) is 5.02 Å². The molecule has 0 bridgehead atoms. The zero-order chi connectivity index (χ0) is 21.0. The molecule has 1 heterocycles. The highest BCUT2D eigenvalue weighted by atomic mass is 35.5. The molecule has 3 aromatic rings. The van der Waals surface area contributed by atoms with Crippen LogP contribution in [-0.2, 0) is 11.2 Å². The second kappa shape index (κ2) is 8.87. The molecular weight excluding hydrogens is 397 g/mol. The summed E-state index contributed by atoms with van der Waals surface area (Å²) in [5.74, 6) is -0.295. The Kier molecular flexibility index (Phi) is 6.29. The van der Waals surface area contributed by atoms with E-state index in [1.165, 1.54) is 23.2 Å². The zero-order valence-electron chi connectivity index (χ0n) is 15.9. The fourth-order valence-electron chi connectivity index (χ4n) is 2.66. The summed E-state index contributed by atoms with van der Waals surface area (Å²) in [6, 6.07) is 10.9. The molecule has 1 N–H and O–H groups in total. The molecule has 29 heavy (non-hydrogen) atoms. The van der Waals surface area contributed by atoms with E-state index in [0.29, 0.717) is 33.5 Å². The van der Waals surface area contributed by atoms with E-state index in [1.54, 1.807) is 44.4 Å². The zero-order valence-corrected chi connectivity index (χ0v) is 16.7. The highest BCUT2D eigenvalue weighted by Crippen LogP contribution is 2.25. The van der Waals surface area contributed by atoms with Gasteiger partial charge in [-0.15, -0.1) is 0 Å². The molecule has 2 aromatic carbocycles. The Labute approximate surface area is 172 Å². The number of nitrogens with one attached hydrogen (secondary N) is 1. The number of hydrogen-bond donors (Lipinski definition) is 1. The molecule has 0 aliphatic carbocycles. The highest BCUT2D eigenvalue weighted by Gasteiger charge is 2.14. The van der Waals surface area contributed by atoms with Gasteiger partial charge in [-0.05, 0) is 30.3 Å². The normalized spacial score (nSPS) is 10.6.